The van der Waals surface area contributed by atoms with Gasteiger partial charge in [-0.15, -0.1) is 0 Å². The highest BCUT2D eigenvalue weighted by Crippen LogP contribution is 2.24. The largest absolute Gasteiger partial charge is 0.368 e. The number of hydrogen-bond donors (Lipinski definition) is 2. The highest BCUT2D eigenvalue weighted by atomic mass is 16.1. The van der Waals surface area contributed by atoms with Crippen molar-refractivity contribution in [2.45, 2.75) is 32.7 Å². The van der Waals surface area contributed by atoms with E-state index in [0.29, 0.717) is 30.2 Å². The van der Waals surface area contributed by atoms with Crippen molar-refractivity contribution in [3.8, 4) is 11.3 Å². The Balaban J connectivity index is 1.47. The Hall–Kier alpha value is -4.01. The molecular weight excluding hydrogens is 442 g/mol. The Morgan fingerprint density at radius 1 is 1.14 bits per heavy atom. The van der Waals surface area contributed by atoms with Gasteiger partial charge in [0.05, 0.1) is 5.69 Å². The van der Waals surface area contributed by atoms with Gasteiger partial charge in [-0.2, -0.15) is 0 Å². The second kappa shape index (κ2) is 10.5. The lowest BCUT2D eigenvalue weighted by atomic mass is 10.1. The van der Waals surface area contributed by atoms with Gasteiger partial charge in [0.25, 0.3) is 5.56 Å². The van der Waals surface area contributed by atoms with Gasteiger partial charge in [-0.3, -0.25) is 24.5 Å². The minimum Gasteiger partial charge on any atom is -0.368 e. The number of nitrogens with one attached hydrogen (secondary N) is 2. The summed E-state index contributed by atoms with van der Waals surface area (Å²) in [5.74, 6) is 0.639. The molecule has 2 N–H and O–H groups in total. The van der Waals surface area contributed by atoms with Gasteiger partial charge in [0.2, 0.25) is 11.9 Å². The van der Waals surface area contributed by atoms with Crippen LogP contribution >= 0.6 is 0 Å². The summed E-state index contributed by atoms with van der Waals surface area (Å²) in [6.45, 7) is 6.31. The number of pyridine rings is 1. The molecule has 3 aromatic rings. The maximum Gasteiger partial charge on any atom is 0.255 e. The number of piperazine rings is 1. The normalized spacial score (nSPS) is 15.7. The van der Waals surface area contributed by atoms with Crippen molar-refractivity contribution in [2.75, 3.05) is 29.4 Å². The van der Waals surface area contributed by atoms with Crippen LogP contribution in [0.3, 0.4) is 0 Å². The molecule has 1 aliphatic rings. The maximum atomic E-state index is 12.7. The van der Waals surface area contributed by atoms with Gasteiger partial charge in [-0.1, -0.05) is 6.92 Å². The molecule has 1 aromatic carbocycles. The van der Waals surface area contributed by atoms with Gasteiger partial charge in [0.15, 0.2) is 0 Å². The molecule has 1 amide bonds. The van der Waals surface area contributed by atoms with Crippen LogP contribution in [0.25, 0.3) is 11.3 Å². The van der Waals surface area contributed by atoms with Crippen molar-refractivity contribution < 1.29 is 4.79 Å². The fourth-order valence-electron chi connectivity index (χ4n) is 4.28. The molecule has 0 unspecified atom stereocenters. The Morgan fingerprint density at radius 3 is 2.51 bits per heavy atom. The lowest BCUT2D eigenvalue weighted by Gasteiger charge is -2.42. The SMILES string of the molecule is CCCC(=O)NC(=N)c1ccc(N2CCN(c3nc(-c4ccncc4)cc(=O)n3C)[C@H](C)C2)cc1. The zero-order chi connectivity index (χ0) is 24.9. The lowest BCUT2D eigenvalue weighted by molar-refractivity contribution is -0.119. The molecule has 35 heavy (non-hydrogen) atoms. The average molecular weight is 474 g/mol. The monoisotopic (exact) mass is 473 g/mol. The van der Waals surface area contributed by atoms with Crippen molar-refractivity contribution >= 4 is 23.4 Å². The van der Waals surface area contributed by atoms with Crippen LogP contribution in [0.4, 0.5) is 11.6 Å². The van der Waals surface area contributed by atoms with Crippen LogP contribution in [0.15, 0.2) is 59.7 Å². The standard InChI is InChI=1S/C26H31N7O2/c1-4-5-23(34)30-25(27)20-6-8-21(9-7-20)32-14-15-33(18(2)17-32)26-29-22(16-24(35)31(26)3)19-10-12-28-13-11-19/h6-13,16,18H,4-5,14-15,17H2,1-3H3,(H2,27,30,34)/t18-/m1/s1. The summed E-state index contributed by atoms with van der Waals surface area (Å²) in [4.78, 5) is 37.8. The predicted molar refractivity (Wildman–Crippen MR) is 138 cm³/mol. The molecule has 1 atom stereocenters. The molecule has 4 rings (SSSR count). The first-order valence-corrected chi connectivity index (χ1v) is 11.9. The van der Waals surface area contributed by atoms with Gasteiger partial charge in [-0.25, -0.2) is 4.98 Å². The highest BCUT2D eigenvalue weighted by Gasteiger charge is 2.27. The Bertz CT molecular complexity index is 1250. The summed E-state index contributed by atoms with van der Waals surface area (Å²) in [5.41, 5.74) is 3.14. The quantitative estimate of drug-likeness (QED) is 0.421. The van der Waals surface area contributed by atoms with E-state index in [0.717, 1.165) is 30.8 Å². The van der Waals surface area contributed by atoms with E-state index in [2.05, 4.69) is 27.0 Å². The molecule has 0 spiro atoms. The topological polar surface area (TPSA) is 107 Å². The Labute approximate surface area is 205 Å². The number of rotatable bonds is 6. The molecule has 2 aromatic heterocycles. The first-order chi connectivity index (χ1) is 16.9. The van der Waals surface area contributed by atoms with E-state index in [1.807, 2.05) is 43.3 Å². The molecule has 182 valence electrons. The van der Waals surface area contributed by atoms with Crippen LogP contribution in [0.1, 0.15) is 32.3 Å². The van der Waals surface area contributed by atoms with Crippen LogP contribution in [0.2, 0.25) is 0 Å². The third-order valence-electron chi connectivity index (χ3n) is 6.23. The van der Waals surface area contributed by atoms with Crippen molar-refractivity contribution in [3.05, 3.63) is 70.8 Å². The number of anilines is 2. The van der Waals surface area contributed by atoms with Crippen molar-refractivity contribution in [2.24, 2.45) is 7.05 Å². The van der Waals surface area contributed by atoms with Gasteiger partial charge >= 0.3 is 0 Å². The molecule has 9 heteroatoms. The van der Waals surface area contributed by atoms with Crippen LogP contribution in [-0.2, 0) is 11.8 Å². The van der Waals surface area contributed by atoms with Gasteiger partial charge in [0.1, 0.15) is 5.84 Å². The molecular formula is C26H31N7O2. The Morgan fingerprint density at radius 2 is 1.86 bits per heavy atom. The Kier molecular flexibility index (Phi) is 7.24. The molecule has 0 saturated carbocycles. The summed E-state index contributed by atoms with van der Waals surface area (Å²) in [6.07, 6.45) is 4.55. The molecule has 0 aliphatic carbocycles. The number of nitrogens with zero attached hydrogens (tertiary/aromatic N) is 5. The number of amidine groups is 1. The molecule has 9 nitrogen and oxygen atoms in total. The number of carbonyl (C=O) groups is 1. The summed E-state index contributed by atoms with van der Waals surface area (Å²) in [6, 6.07) is 13.1. The summed E-state index contributed by atoms with van der Waals surface area (Å²) >= 11 is 0. The molecule has 1 aliphatic heterocycles. The minimum absolute atomic E-state index is 0.0968. The zero-order valence-corrected chi connectivity index (χ0v) is 20.4. The molecule has 0 bridgehead atoms. The molecule has 1 fully saturated rings. The van der Waals surface area contributed by atoms with Crippen LogP contribution in [-0.4, -0.2) is 52.0 Å². The summed E-state index contributed by atoms with van der Waals surface area (Å²) < 4.78 is 1.60. The van der Waals surface area contributed by atoms with Crippen LogP contribution < -0.4 is 20.7 Å². The number of aromatic nitrogens is 3. The van der Waals surface area contributed by atoms with Crippen LogP contribution in [0, 0.1) is 5.41 Å². The van der Waals surface area contributed by atoms with E-state index in [1.165, 1.54) is 0 Å². The predicted octanol–water partition coefficient (Wildman–Crippen LogP) is 2.80. The maximum absolute atomic E-state index is 12.7. The van der Waals surface area contributed by atoms with E-state index in [-0.39, 0.29) is 23.3 Å². The first-order valence-electron chi connectivity index (χ1n) is 11.9. The van der Waals surface area contributed by atoms with E-state index in [9.17, 15) is 9.59 Å². The average Bonchev–Trinajstić information content (AvgIpc) is 2.86. The first kappa shape index (κ1) is 24.1. The number of hydrogen-bond acceptors (Lipinski definition) is 7. The second-order valence-electron chi connectivity index (χ2n) is 8.78. The number of carbonyl (C=O) groups excluding carboxylic acids is 1. The van der Waals surface area contributed by atoms with Gasteiger partial charge < -0.3 is 15.1 Å². The third-order valence-corrected chi connectivity index (χ3v) is 6.23. The third kappa shape index (κ3) is 5.40. The lowest BCUT2D eigenvalue weighted by Crippen LogP contribution is -2.53. The van der Waals surface area contributed by atoms with Crippen LogP contribution in [0.5, 0.6) is 0 Å². The summed E-state index contributed by atoms with van der Waals surface area (Å²) in [5, 5.41) is 10.8. The summed E-state index contributed by atoms with van der Waals surface area (Å²) in [7, 11) is 1.76. The van der Waals surface area contributed by atoms with E-state index in [4.69, 9.17) is 10.4 Å². The van der Waals surface area contributed by atoms with Gasteiger partial charge in [-0.05, 0) is 49.7 Å². The molecule has 3 heterocycles. The smallest absolute Gasteiger partial charge is 0.255 e. The van der Waals surface area contributed by atoms with Crippen molar-refractivity contribution in [1.29, 1.82) is 5.41 Å². The van der Waals surface area contributed by atoms with Crippen molar-refractivity contribution in [3.63, 3.8) is 0 Å². The number of amides is 1. The fraction of sp³-hybridized carbons (Fsp3) is 0.346. The fourth-order valence-corrected chi connectivity index (χ4v) is 4.28. The zero-order valence-electron chi connectivity index (χ0n) is 20.4. The van der Waals surface area contributed by atoms with Crippen molar-refractivity contribution in [1.82, 2.24) is 19.9 Å². The number of benzene rings is 1. The minimum atomic E-state index is -0.137. The highest BCUT2D eigenvalue weighted by molar-refractivity contribution is 6.06. The van der Waals surface area contributed by atoms with E-state index in [1.54, 1.807) is 30.1 Å². The van der Waals surface area contributed by atoms with E-state index < -0.39 is 0 Å². The van der Waals surface area contributed by atoms with Gasteiger partial charge in [0, 0.05) is 74.4 Å². The molecule has 0 radical (unpaired) electrons. The van der Waals surface area contributed by atoms with E-state index >= 15 is 0 Å². The molecule has 1 saturated heterocycles. The second-order valence-corrected chi connectivity index (χ2v) is 8.78.